The standard InChI is InChI=1S/C21H13Cl2N3O3/c22-18-10-5-13(11-19(18)23)12-20-16-3-1-2-4-17(16)21(27)25(24-20)14-6-8-15(9-7-14)26(28)29/h1-11H,12H2. The lowest BCUT2D eigenvalue weighted by Crippen LogP contribution is -2.23. The van der Waals surface area contributed by atoms with Gasteiger partial charge in [0.1, 0.15) is 0 Å². The van der Waals surface area contributed by atoms with Crippen LogP contribution in [0.1, 0.15) is 11.3 Å². The fourth-order valence-electron chi connectivity index (χ4n) is 3.12. The number of hydrogen-bond donors (Lipinski definition) is 0. The average Bonchev–Trinajstić information content (AvgIpc) is 2.73. The molecule has 8 heteroatoms. The second-order valence-corrected chi connectivity index (χ2v) is 7.22. The SMILES string of the molecule is O=c1c2ccccc2c(Cc2ccc(Cl)c(Cl)c2)nn1-c1ccc([N+](=O)[O-])cc1. The Labute approximate surface area is 175 Å². The summed E-state index contributed by atoms with van der Waals surface area (Å²) in [5, 5.41) is 17.6. The number of rotatable bonds is 4. The molecule has 0 aliphatic carbocycles. The van der Waals surface area contributed by atoms with Crippen LogP contribution in [0.25, 0.3) is 16.5 Å². The van der Waals surface area contributed by atoms with Crippen LogP contribution in [0.15, 0.2) is 71.5 Å². The van der Waals surface area contributed by atoms with E-state index in [2.05, 4.69) is 5.10 Å². The number of benzene rings is 3. The van der Waals surface area contributed by atoms with E-state index in [0.29, 0.717) is 33.2 Å². The van der Waals surface area contributed by atoms with Crippen molar-refractivity contribution in [1.29, 1.82) is 0 Å². The van der Waals surface area contributed by atoms with Crippen LogP contribution in [-0.2, 0) is 6.42 Å². The second-order valence-electron chi connectivity index (χ2n) is 6.41. The third kappa shape index (κ3) is 3.72. The minimum absolute atomic E-state index is 0.0568. The van der Waals surface area contributed by atoms with Gasteiger partial charge in [-0.25, -0.2) is 0 Å². The molecule has 144 valence electrons. The van der Waals surface area contributed by atoms with Crippen LogP contribution < -0.4 is 5.56 Å². The minimum atomic E-state index is -0.490. The van der Waals surface area contributed by atoms with E-state index in [1.165, 1.54) is 28.9 Å². The van der Waals surface area contributed by atoms with Crippen molar-refractivity contribution in [2.24, 2.45) is 0 Å². The molecule has 4 rings (SSSR count). The molecule has 0 N–H and O–H groups in total. The molecule has 0 saturated heterocycles. The van der Waals surface area contributed by atoms with Crippen molar-refractivity contribution in [1.82, 2.24) is 9.78 Å². The molecule has 0 bridgehead atoms. The lowest BCUT2D eigenvalue weighted by Gasteiger charge is -2.11. The van der Waals surface area contributed by atoms with Gasteiger partial charge < -0.3 is 0 Å². The maximum atomic E-state index is 13.0. The molecule has 0 radical (unpaired) electrons. The van der Waals surface area contributed by atoms with Gasteiger partial charge in [0.2, 0.25) is 0 Å². The topological polar surface area (TPSA) is 78.0 Å². The number of non-ortho nitro benzene ring substituents is 1. The van der Waals surface area contributed by atoms with E-state index in [1.54, 1.807) is 24.3 Å². The van der Waals surface area contributed by atoms with Crippen molar-refractivity contribution in [3.05, 3.63) is 109 Å². The van der Waals surface area contributed by atoms with Crippen LogP contribution in [0.2, 0.25) is 10.0 Å². The molecule has 0 unspecified atom stereocenters. The normalized spacial score (nSPS) is 11.0. The maximum Gasteiger partial charge on any atom is 0.279 e. The first-order chi connectivity index (χ1) is 13.9. The summed E-state index contributed by atoms with van der Waals surface area (Å²) >= 11 is 12.1. The first kappa shape index (κ1) is 19.1. The molecule has 0 aliphatic rings. The molecule has 3 aromatic carbocycles. The third-order valence-corrected chi connectivity index (χ3v) is 5.28. The summed E-state index contributed by atoms with van der Waals surface area (Å²) in [4.78, 5) is 23.4. The Hall–Kier alpha value is -3.22. The van der Waals surface area contributed by atoms with Crippen LogP contribution in [-0.4, -0.2) is 14.7 Å². The minimum Gasteiger partial charge on any atom is -0.267 e. The van der Waals surface area contributed by atoms with E-state index >= 15 is 0 Å². The van der Waals surface area contributed by atoms with Crippen LogP contribution >= 0.6 is 23.2 Å². The first-order valence-corrected chi connectivity index (χ1v) is 9.39. The van der Waals surface area contributed by atoms with E-state index < -0.39 is 4.92 Å². The van der Waals surface area contributed by atoms with Crippen molar-refractivity contribution in [2.45, 2.75) is 6.42 Å². The molecule has 0 atom stereocenters. The number of nitro groups is 1. The van der Waals surface area contributed by atoms with Crippen LogP contribution in [0.4, 0.5) is 5.69 Å². The Morgan fingerprint density at radius 3 is 2.28 bits per heavy atom. The molecule has 0 saturated carbocycles. The van der Waals surface area contributed by atoms with Crippen molar-refractivity contribution >= 4 is 39.7 Å². The number of hydrogen-bond acceptors (Lipinski definition) is 4. The first-order valence-electron chi connectivity index (χ1n) is 8.64. The van der Waals surface area contributed by atoms with Crippen molar-refractivity contribution in [2.75, 3.05) is 0 Å². The maximum absolute atomic E-state index is 13.0. The smallest absolute Gasteiger partial charge is 0.267 e. The quantitative estimate of drug-likeness (QED) is 0.332. The van der Waals surface area contributed by atoms with Gasteiger partial charge >= 0.3 is 0 Å². The average molecular weight is 426 g/mol. The number of nitrogens with zero attached hydrogens (tertiary/aromatic N) is 3. The van der Waals surface area contributed by atoms with Crippen molar-refractivity contribution < 1.29 is 4.92 Å². The molecular formula is C21H13Cl2N3O3. The molecule has 0 amide bonds. The Bertz CT molecular complexity index is 1300. The van der Waals surface area contributed by atoms with Crippen LogP contribution in [0, 0.1) is 10.1 Å². The molecular weight excluding hydrogens is 413 g/mol. The van der Waals surface area contributed by atoms with Gasteiger partial charge in [0.15, 0.2) is 0 Å². The zero-order chi connectivity index (χ0) is 20.5. The van der Waals surface area contributed by atoms with Crippen LogP contribution in [0.3, 0.4) is 0 Å². The Morgan fingerprint density at radius 2 is 1.62 bits per heavy atom. The van der Waals surface area contributed by atoms with E-state index in [1.807, 2.05) is 18.2 Å². The fraction of sp³-hybridized carbons (Fsp3) is 0.0476. The molecule has 1 aromatic heterocycles. The van der Waals surface area contributed by atoms with Crippen LogP contribution in [0.5, 0.6) is 0 Å². The highest BCUT2D eigenvalue weighted by atomic mass is 35.5. The zero-order valence-electron chi connectivity index (χ0n) is 14.9. The highest BCUT2D eigenvalue weighted by Crippen LogP contribution is 2.25. The molecule has 1 heterocycles. The Balaban J connectivity index is 1.87. The summed E-state index contributed by atoms with van der Waals surface area (Å²) in [6.45, 7) is 0. The van der Waals surface area contributed by atoms with Gasteiger partial charge in [0, 0.05) is 23.9 Å². The van der Waals surface area contributed by atoms with E-state index in [-0.39, 0.29) is 11.2 Å². The van der Waals surface area contributed by atoms with E-state index in [4.69, 9.17) is 23.2 Å². The Kier molecular flexibility index (Phi) is 5.05. The van der Waals surface area contributed by atoms with Crippen molar-refractivity contribution in [3.63, 3.8) is 0 Å². The predicted molar refractivity (Wildman–Crippen MR) is 113 cm³/mol. The van der Waals surface area contributed by atoms with Gasteiger partial charge in [-0.2, -0.15) is 9.78 Å². The summed E-state index contributed by atoms with van der Waals surface area (Å²) in [5.74, 6) is 0. The van der Waals surface area contributed by atoms with E-state index in [0.717, 1.165) is 10.9 Å². The second kappa shape index (κ2) is 7.66. The highest BCUT2D eigenvalue weighted by Gasteiger charge is 2.14. The predicted octanol–water partition coefficient (Wildman–Crippen LogP) is 5.19. The Morgan fingerprint density at radius 1 is 0.931 bits per heavy atom. The lowest BCUT2D eigenvalue weighted by molar-refractivity contribution is -0.384. The number of halogens is 2. The number of nitro benzene ring substituents is 1. The van der Waals surface area contributed by atoms with Gasteiger partial charge in [0.25, 0.3) is 11.2 Å². The molecule has 4 aromatic rings. The summed E-state index contributed by atoms with van der Waals surface area (Å²) in [6, 6.07) is 18.2. The number of aromatic nitrogens is 2. The van der Waals surface area contributed by atoms with Gasteiger partial charge in [-0.1, -0.05) is 47.5 Å². The van der Waals surface area contributed by atoms with E-state index in [9.17, 15) is 14.9 Å². The van der Waals surface area contributed by atoms with Gasteiger partial charge in [-0.05, 0) is 35.9 Å². The summed E-state index contributed by atoms with van der Waals surface area (Å²) in [7, 11) is 0. The van der Waals surface area contributed by atoms with Gasteiger partial charge in [0.05, 0.1) is 31.7 Å². The largest absolute Gasteiger partial charge is 0.279 e. The monoisotopic (exact) mass is 425 g/mol. The molecule has 0 aliphatic heterocycles. The van der Waals surface area contributed by atoms with Crippen molar-refractivity contribution in [3.8, 4) is 5.69 Å². The zero-order valence-corrected chi connectivity index (χ0v) is 16.4. The fourth-order valence-corrected chi connectivity index (χ4v) is 3.44. The molecule has 29 heavy (non-hydrogen) atoms. The summed E-state index contributed by atoms with van der Waals surface area (Å²) < 4.78 is 1.26. The summed E-state index contributed by atoms with van der Waals surface area (Å²) in [6.07, 6.45) is 0.435. The van der Waals surface area contributed by atoms with Gasteiger partial charge in [-0.15, -0.1) is 0 Å². The summed E-state index contributed by atoms with van der Waals surface area (Å²) in [5.41, 5.74) is 1.66. The third-order valence-electron chi connectivity index (χ3n) is 4.54. The molecule has 0 fully saturated rings. The van der Waals surface area contributed by atoms with Gasteiger partial charge in [-0.3, -0.25) is 14.9 Å². The number of fused-ring (bicyclic) bond motifs is 1. The molecule has 6 nitrogen and oxygen atoms in total. The lowest BCUT2D eigenvalue weighted by atomic mass is 10.0. The highest BCUT2D eigenvalue weighted by molar-refractivity contribution is 6.42. The molecule has 0 spiro atoms.